The van der Waals surface area contributed by atoms with E-state index in [0.29, 0.717) is 17.0 Å². The summed E-state index contributed by atoms with van der Waals surface area (Å²) in [7, 11) is 0. The quantitative estimate of drug-likeness (QED) is 0.844. The maximum Gasteiger partial charge on any atom is 0.225 e. The molecule has 1 amide bonds. The molecule has 1 atom stereocenters. The van der Waals surface area contributed by atoms with Crippen molar-refractivity contribution in [3.8, 4) is 0 Å². The first kappa shape index (κ1) is 16.1. The largest absolute Gasteiger partial charge is 0.365 e. The molecule has 1 N–H and O–H groups in total. The summed E-state index contributed by atoms with van der Waals surface area (Å²) in [5.41, 5.74) is 0. The summed E-state index contributed by atoms with van der Waals surface area (Å²) < 4.78 is 0. The van der Waals surface area contributed by atoms with Gasteiger partial charge in [-0.3, -0.25) is 4.79 Å². The number of carbonyl (C=O) groups excluding carboxylic acids is 1. The molecule has 1 saturated heterocycles. The van der Waals surface area contributed by atoms with Gasteiger partial charge >= 0.3 is 0 Å². The van der Waals surface area contributed by atoms with Gasteiger partial charge in [-0.2, -0.15) is 0 Å². The van der Waals surface area contributed by atoms with Crippen LogP contribution in [0.25, 0.3) is 0 Å². The summed E-state index contributed by atoms with van der Waals surface area (Å²) in [6.45, 7) is 1.62. The molecule has 0 aromatic carbocycles. The normalized spacial score (nSPS) is 25.0. The van der Waals surface area contributed by atoms with E-state index in [9.17, 15) is 4.79 Å². The van der Waals surface area contributed by atoms with Crippen LogP contribution in [0.3, 0.4) is 0 Å². The fraction of sp³-hybridized carbons (Fsp3) is 0.722. The molecule has 0 bridgehead atoms. The van der Waals surface area contributed by atoms with Crippen molar-refractivity contribution in [2.45, 2.75) is 63.3 Å². The molecule has 1 aromatic heterocycles. The average molecular weight is 349 g/mol. The Morgan fingerprint density at radius 1 is 1.12 bits per heavy atom. The van der Waals surface area contributed by atoms with Gasteiger partial charge in [0.05, 0.1) is 0 Å². The molecule has 2 aliphatic carbocycles. The number of anilines is 1. The molecule has 2 heterocycles. The van der Waals surface area contributed by atoms with Gasteiger partial charge in [-0.1, -0.05) is 30.9 Å². The van der Waals surface area contributed by atoms with E-state index in [4.69, 9.17) is 11.6 Å². The summed E-state index contributed by atoms with van der Waals surface area (Å²) in [5.74, 6) is 2.76. The summed E-state index contributed by atoms with van der Waals surface area (Å²) in [6.07, 6.45) is 9.12. The second-order valence-electron chi connectivity index (χ2n) is 7.46. The zero-order valence-electron chi connectivity index (χ0n) is 14.0. The van der Waals surface area contributed by atoms with Crippen LogP contribution >= 0.6 is 11.6 Å². The minimum absolute atomic E-state index is 0.257. The van der Waals surface area contributed by atoms with Gasteiger partial charge in [-0.15, -0.1) is 0 Å². The molecule has 0 spiro atoms. The summed E-state index contributed by atoms with van der Waals surface area (Å²) in [4.78, 5) is 23.6. The number of nitrogens with one attached hydrogen (secondary N) is 1. The van der Waals surface area contributed by atoms with E-state index >= 15 is 0 Å². The van der Waals surface area contributed by atoms with Gasteiger partial charge in [0, 0.05) is 37.0 Å². The first-order chi connectivity index (χ1) is 11.7. The number of amides is 1. The van der Waals surface area contributed by atoms with Crippen molar-refractivity contribution in [1.29, 1.82) is 0 Å². The maximum absolute atomic E-state index is 12.7. The molecule has 4 rings (SSSR count). The molecular weight excluding hydrogens is 324 g/mol. The Bertz CT molecular complexity index is 613. The summed E-state index contributed by atoms with van der Waals surface area (Å²) >= 11 is 6.13. The van der Waals surface area contributed by atoms with E-state index in [1.807, 2.05) is 4.90 Å². The third-order valence-corrected chi connectivity index (χ3v) is 5.65. The Labute approximate surface area is 148 Å². The highest BCUT2D eigenvalue weighted by molar-refractivity contribution is 6.29. The van der Waals surface area contributed by atoms with Crippen molar-refractivity contribution >= 4 is 23.3 Å². The molecule has 3 aliphatic rings. The van der Waals surface area contributed by atoms with Crippen LogP contribution < -0.4 is 5.32 Å². The zero-order chi connectivity index (χ0) is 16.5. The van der Waals surface area contributed by atoms with Crippen LogP contribution in [0.4, 0.5) is 5.82 Å². The lowest BCUT2D eigenvalue weighted by molar-refractivity contribution is -0.135. The zero-order valence-corrected chi connectivity index (χ0v) is 14.8. The second-order valence-corrected chi connectivity index (χ2v) is 7.84. The first-order valence-corrected chi connectivity index (χ1v) is 9.66. The summed E-state index contributed by atoms with van der Waals surface area (Å²) in [6, 6.07) is 2.05. The van der Waals surface area contributed by atoms with Gasteiger partial charge in [0.2, 0.25) is 5.91 Å². The molecule has 2 saturated carbocycles. The Morgan fingerprint density at radius 3 is 2.67 bits per heavy atom. The van der Waals surface area contributed by atoms with Crippen LogP contribution in [-0.4, -0.2) is 39.9 Å². The number of halogens is 1. The molecule has 3 fully saturated rings. The minimum Gasteiger partial charge on any atom is -0.365 e. The van der Waals surface area contributed by atoms with Crippen molar-refractivity contribution in [3.63, 3.8) is 0 Å². The highest BCUT2D eigenvalue weighted by Crippen LogP contribution is 2.39. The Balaban J connectivity index is 1.36. The topological polar surface area (TPSA) is 58.1 Å². The average Bonchev–Trinajstić information content (AvgIpc) is 3.35. The Kier molecular flexibility index (Phi) is 4.61. The number of hydrogen-bond donors (Lipinski definition) is 1. The van der Waals surface area contributed by atoms with E-state index in [1.54, 1.807) is 6.07 Å². The molecule has 1 aromatic rings. The monoisotopic (exact) mass is 348 g/mol. The fourth-order valence-electron chi connectivity index (χ4n) is 3.93. The molecule has 0 radical (unpaired) electrons. The molecule has 24 heavy (non-hydrogen) atoms. The lowest BCUT2D eigenvalue weighted by atomic mass is 9.88. The Morgan fingerprint density at radius 2 is 1.92 bits per heavy atom. The van der Waals surface area contributed by atoms with Crippen molar-refractivity contribution in [3.05, 3.63) is 17.0 Å². The third-order valence-electron chi connectivity index (χ3n) is 5.46. The van der Waals surface area contributed by atoms with E-state index in [0.717, 1.165) is 56.8 Å². The number of nitrogens with zero attached hydrogens (tertiary/aromatic N) is 3. The predicted molar refractivity (Wildman–Crippen MR) is 94.2 cm³/mol. The van der Waals surface area contributed by atoms with E-state index in [2.05, 4.69) is 15.3 Å². The molecule has 5 nitrogen and oxygen atoms in total. The highest BCUT2D eigenvalue weighted by atomic mass is 35.5. The van der Waals surface area contributed by atoms with Gasteiger partial charge in [0.25, 0.3) is 0 Å². The van der Waals surface area contributed by atoms with Crippen LogP contribution in [0.5, 0.6) is 0 Å². The third kappa shape index (κ3) is 3.66. The van der Waals surface area contributed by atoms with E-state index in [1.165, 1.54) is 19.3 Å². The first-order valence-electron chi connectivity index (χ1n) is 9.29. The van der Waals surface area contributed by atoms with Crippen LogP contribution in [-0.2, 0) is 4.79 Å². The standard InChI is InChI=1S/C18H25ClN4O/c19-15-10-16(22-17(21-15)12-6-7-12)20-14-8-9-23(11-14)18(24)13-4-2-1-3-5-13/h10,12-14H,1-9,11H2,(H,20,21,22). The van der Waals surface area contributed by atoms with Crippen molar-refractivity contribution in [2.75, 3.05) is 18.4 Å². The summed E-state index contributed by atoms with van der Waals surface area (Å²) in [5, 5.41) is 3.97. The Hall–Kier alpha value is -1.36. The van der Waals surface area contributed by atoms with E-state index in [-0.39, 0.29) is 12.0 Å². The minimum atomic E-state index is 0.257. The van der Waals surface area contributed by atoms with Crippen LogP contribution in [0.15, 0.2) is 6.07 Å². The number of hydrogen-bond acceptors (Lipinski definition) is 4. The van der Waals surface area contributed by atoms with E-state index < -0.39 is 0 Å². The molecule has 130 valence electrons. The highest BCUT2D eigenvalue weighted by Gasteiger charge is 2.32. The van der Waals surface area contributed by atoms with Crippen LogP contribution in [0, 0.1) is 5.92 Å². The molecular formula is C18H25ClN4O. The SMILES string of the molecule is O=C(C1CCCCC1)N1CCC(Nc2cc(Cl)nc(C3CC3)n2)C1. The molecule has 6 heteroatoms. The van der Waals surface area contributed by atoms with Gasteiger partial charge < -0.3 is 10.2 Å². The van der Waals surface area contributed by atoms with Gasteiger partial charge in [-0.25, -0.2) is 9.97 Å². The van der Waals surface area contributed by atoms with Gasteiger partial charge in [-0.05, 0) is 32.1 Å². The number of aromatic nitrogens is 2. The van der Waals surface area contributed by atoms with Crippen LogP contribution in [0.1, 0.15) is 63.1 Å². The van der Waals surface area contributed by atoms with Crippen molar-refractivity contribution < 1.29 is 4.79 Å². The van der Waals surface area contributed by atoms with Crippen LogP contribution in [0.2, 0.25) is 5.15 Å². The predicted octanol–water partition coefficient (Wildman–Crippen LogP) is 3.60. The molecule has 1 unspecified atom stereocenters. The lowest BCUT2D eigenvalue weighted by Crippen LogP contribution is -2.36. The van der Waals surface area contributed by atoms with Gasteiger partial charge in [0.1, 0.15) is 16.8 Å². The maximum atomic E-state index is 12.7. The smallest absolute Gasteiger partial charge is 0.225 e. The number of carbonyl (C=O) groups is 1. The second kappa shape index (κ2) is 6.87. The van der Waals surface area contributed by atoms with Crippen molar-refractivity contribution in [1.82, 2.24) is 14.9 Å². The lowest BCUT2D eigenvalue weighted by Gasteiger charge is -2.26. The fourth-order valence-corrected chi connectivity index (χ4v) is 4.12. The van der Waals surface area contributed by atoms with Crippen molar-refractivity contribution in [2.24, 2.45) is 5.92 Å². The van der Waals surface area contributed by atoms with Gasteiger partial charge in [0.15, 0.2) is 0 Å². The number of rotatable bonds is 4. The number of likely N-dealkylation sites (tertiary alicyclic amines) is 1. The molecule has 1 aliphatic heterocycles.